The Morgan fingerprint density at radius 3 is 2.92 bits per heavy atom. The Hall–Kier alpha value is -0.600. The minimum atomic E-state index is 0.697. The smallest absolute Gasteiger partial charge is 0.0562 e. The second kappa shape index (κ2) is 4.43. The van der Waals surface area contributed by atoms with Crippen molar-refractivity contribution < 1.29 is 0 Å². The molecule has 0 amide bonds. The molecule has 1 aromatic carbocycles. The molecule has 0 unspecified atom stereocenters. The number of nitrogens with two attached hydrogens (primary N) is 1. The summed E-state index contributed by atoms with van der Waals surface area (Å²) in [6.07, 6.45) is 1.84. The maximum absolute atomic E-state index is 5.93. The van der Waals surface area contributed by atoms with Crippen LogP contribution in [0.4, 0.5) is 5.69 Å². The van der Waals surface area contributed by atoms with E-state index < -0.39 is 0 Å². The highest BCUT2D eigenvalue weighted by Gasteiger charge is 1.99. The van der Waals surface area contributed by atoms with Crippen molar-refractivity contribution >= 4 is 29.1 Å². The Balaban J connectivity index is 2.78. The summed E-state index contributed by atoms with van der Waals surface area (Å²) in [6.45, 7) is 3.63. The second-order valence-corrected chi connectivity index (χ2v) is 3.76. The summed E-state index contributed by atoms with van der Waals surface area (Å²) in [7, 11) is 0. The highest BCUT2D eigenvalue weighted by atomic mass is 35.5. The number of halogens is 1. The van der Waals surface area contributed by atoms with Crippen LogP contribution in [0.5, 0.6) is 0 Å². The van der Waals surface area contributed by atoms with Crippen molar-refractivity contribution in [2.75, 3.05) is 11.5 Å². The van der Waals surface area contributed by atoms with Gasteiger partial charge in [0.1, 0.15) is 0 Å². The van der Waals surface area contributed by atoms with Gasteiger partial charge in [-0.05, 0) is 18.2 Å². The molecule has 0 bridgehead atoms. The van der Waals surface area contributed by atoms with Crippen LogP contribution < -0.4 is 5.73 Å². The zero-order valence-corrected chi connectivity index (χ0v) is 8.16. The van der Waals surface area contributed by atoms with E-state index in [4.69, 9.17) is 17.3 Å². The number of hydrogen-bond acceptors (Lipinski definition) is 2. The molecule has 0 fully saturated rings. The number of hydrogen-bond donors (Lipinski definition) is 1. The standard InChI is InChI=1S/C9H10ClNS/c1-2-5-12-9-4-3-7(11)6-8(9)10/h2-4,6H,1,5,11H2. The molecule has 0 aliphatic carbocycles. The Labute approximate surface area is 81.6 Å². The second-order valence-electron chi connectivity index (χ2n) is 2.29. The van der Waals surface area contributed by atoms with Crippen LogP contribution in [0.1, 0.15) is 0 Å². The quantitative estimate of drug-likeness (QED) is 0.460. The summed E-state index contributed by atoms with van der Waals surface area (Å²) >= 11 is 7.58. The van der Waals surface area contributed by atoms with Crippen LogP contribution >= 0.6 is 23.4 Å². The third-order valence-corrected chi connectivity index (χ3v) is 2.81. The van der Waals surface area contributed by atoms with Gasteiger partial charge in [-0.1, -0.05) is 17.7 Å². The zero-order chi connectivity index (χ0) is 8.97. The maximum Gasteiger partial charge on any atom is 0.0562 e. The molecule has 1 aromatic rings. The number of anilines is 1. The van der Waals surface area contributed by atoms with Crippen molar-refractivity contribution in [1.82, 2.24) is 0 Å². The molecule has 0 aliphatic heterocycles. The van der Waals surface area contributed by atoms with Crippen molar-refractivity contribution in [3.05, 3.63) is 35.9 Å². The van der Waals surface area contributed by atoms with E-state index in [1.807, 2.05) is 18.2 Å². The van der Waals surface area contributed by atoms with Crippen molar-refractivity contribution in [2.45, 2.75) is 4.90 Å². The van der Waals surface area contributed by atoms with Crippen LogP contribution in [0.25, 0.3) is 0 Å². The molecule has 1 rings (SSSR count). The molecule has 0 atom stereocenters. The fourth-order valence-electron chi connectivity index (χ4n) is 0.783. The van der Waals surface area contributed by atoms with Crippen molar-refractivity contribution in [3.8, 4) is 0 Å². The van der Waals surface area contributed by atoms with E-state index in [9.17, 15) is 0 Å². The van der Waals surface area contributed by atoms with Crippen LogP contribution in [-0.2, 0) is 0 Å². The van der Waals surface area contributed by atoms with E-state index in [0.717, 1.165) is 10.6 Å². The maximum atomic E-state index is 5.93. The SMILES string of the molecule is C=CCSc1ccc(N)cc1Cl. The summed E-state index contributed by atoms with van der Waals surface area (Å²) in [5.74, 6) is 0.865. The van der Waals surface area contributed by atoms with Crippen molar-refractivity contribution in [3.63, 3.8) is 0 Å². The molecule has 0 heterocycles. The molecule has 0 radical (unpaired) electrons. The molecule has 3 heteroatoms. The lowest BCUT2D eigenvalue weighted by atomic mass is 10.3. The average molecular weight is 200 g/mol. The molecular formula is C9H10ClNS. The van der Waals surface area contributed by atoms with E-state index in [0.29, 0.717) is 10.7 Å². The van der Waals surface area contributed by atoms with Gasteiger partial charge in [-0.25, -0.2) is 0 Å². The minimum absolute atomic E-state index is 0.697. The van der Waals surface area contributed by atoms with Gasteiger partial charge in [-0.15, -0.1) is 18.3 Å². The molecule has 64 valence electrons. The molecule has 0 aliphatic rings. The molecule has 12 heavy (non-hydrogen) atoms. The summed E-state index contributed by atoms with van der Waals surface area (Å²) in [5.41, 5.74) is 6.24. The van der Waals surface area contributed by atoms with Crippen LogP contribution in [0.2, 0.25) is 5.02 Å². The van der Waals surface area contributed by atoms with E-state index >= 15 is 0 Å². The normalized spacial score (nSPS) is 9.75. The van der Waals surface area contributed by atoms with Gasteiger partial charge in [0, 0.05) is 16.3 Å². The highest BCUT2D eigenvalue weighted by molar-refractivity contribution is 7.99. The molecular weight excluding hydrogens is 190 g/mol. The first-order valence-corrected chi connectivity index (χ1v) is 4.89. The van der Waals surface area contributed by atoms with Crippen LogP contribution in [0.15, 0.2) is 35.7 Å². The van der Waals surface area contributed by atoms with E-state index in [1.165, 1.54) is 0 Å². The van der Waals surface area contributed by atoms with Gasteiger partial charge in [0.2, 0.25) is 0 Å². The van der Waals surface area contributed by atoms with Gasteiger partial charge < -0.3 is 5.73 Å². The average Bonchev–Trinajstić information content (AvgIpc) is 2.03. The van der Waals surface area contributed by atoms with Gasteiger partial charge in [-0.2, -0.15) is 0 Å². The monoisotopic (exact) mass is 199 g/mol. The number of benzene rings is 1. The molecule has 0 aromatic heterocycles. The Bertz CT molecular complexity index is 286. The Morgan fingerprint density at radius 2 is 2.33 bits per heavy atom. The van der Waals surface area contributed by atoms with E-state index in [-0.39, 0.29) is 0 Å². The molecule has 0 saturated heterocycles. The lowest BCUT2D eigenvalue weighted by Gasteiger charge is -2.02. The van der Waals surface area contributed by atoms with Crippen LogP contribution in [0, 0.1) is 0 Å². The molecule has 0 spiro atoms. The van der Waals surface area contributed by atoms with Crippen LogP contribution in [-0.4, -0.2) is 5.75 Å². The first-order chi connectivity index (χ1) is 5.74. The molecule has 1 nitrogen and oxygen atoms in total. The Kier molecular flexibility index (Phi) is 3.50. The summed E-state index contributed by atoms with van der Waals surface area (Å²) in [6, 6.07) is 5.52. The fourth-order valence-corrected chi connectivity index (χ4v) is 1.79. The van der Waals surface area contributed by atoms with Gasteiger partial charge in [0.25, 0.3) is 0 Å². The lowest BCUT2D eigenvalue weighted by Crippen LogP contribution is -1.84. The third kappa shape index (κ3) is 2.47. The van der Waals surface area contributed by atoms with Crippen molar-refractivity contribution in [1.29, 1.82) is 0 Å². The fraction of sp³-hybridized carbons (Fsp3) is 0.111. The highest BCUT2D eigenvalue weighted by Crippen LogP contribution is 2.28. The largest absolute Gasteiger partial charge is 0.399 e. The minimum Gasteiger partial charge on any atom is -0.399 e. The first-order valence-electron chi connectivity index (χ1n) is 3.52. The van der Waals surface area contributed by atoms with E-state index in [2.05, 4.69) is 6.58 Å². The topological polar surface area (TPSA) is 26.0 Å². The van der Waals surface area contributed by atoms with Crippen molar-refractivity contribution in [2.24, 2.45) is 0 Å². The Morgan fingerprint density at radius 1 is 1.58 bits per heavy atom. The molecule has 2 N–H and O–H groups in total. The lowest BCUT2D eigenvalue weighted by molar-refractivity contribution is 1.46. The number of rotatable bonds is 3. The van der Waals surface area contributed by atoms with Gasteiger partial charge in [-0.3, -0.25) is 0 Å². The van der Waals surface area contributed by atoms with Crippen LogP contribution in [0.3, 0.4) is 0 Å². The summed E-state index contributed by atoms with van der Waals surface area (Å²) in [4.78, 5) is 1.05. The van der Waals surface area contributed by atoms with E-state index in [1.54, 1.807) is 17.8 Å². The third-order valence-electron chi connectivity index (χ3n) is 1.31. The number of nitrogen functional groups attached to an aromatic ring is 1. The summed E-state index contributed by atoms with van der Waals surface area (Å²) < 4.78 is 0. The number of thioether (sulfide) groups is 1. The predicted molar refractivity (Wildman–Crippen MR) is 56.8 cm³/mol. The van der Waals surface area contributed by atoms with Gasteiger partial charge in [0.15, 0.2) is 0 Å². The summed E-state index contributed by atoms with van der Waals surface area (Å²) in [5, 5.41) is 0.710. The van der Waals surface area contributed by atoms with Gasteiger partial charge >= 0.3 is 0 Å². The predicted octanol–water partition coefficient (Wildman–Crippen LogP) is 3.20. The molecule has 0 saturated carbocycles. The zero-order valence-electron chi connectivity index (χ0n) is 6.59. The first kappa shape index (κ1) is 9.49. The van der Waals surface area contributed by atoms with Gasteiger partial charge in [0.05, 0.1) is 5.02 Å².